The van der Waals surface area contributed by atoms with Crippen molar-refractivity contribution in [1.82, 2.24) is 34.4 Å². The lowest BCUT2D eigenvalue weighted by Crippen LogP contribution is -2.43. The molecule has 6 rings (SSSR count). The fourth-order valence-corrected chi connectivity index (χ4v) is 7.73. The van der Waals surface area contributed by atoms with Gasteiger partial charge in [-0.2, -0.15) is 4.98 Å². The summed E-state index contributed by atoms with van der Waals surface area (Å²) < 4.78 is 64.7. The van der Waals surface area contributed by atoms with E-state index >= 15 is 0 Å². The molecule has 0 spiro atoms. The van der Waals surface area contributed by atoms with Gasteiger partial charge in [-0.25, -0.2) is 33.7 Å². The van der Waals surface area contributed by atoms with Gasteiger partial charge >= 0.3 is 33.4 Å². The summed E-state index contributed by atoms with van der Waals surface area (Å²) in [5.74, 6) is -1.15. The number of anilines is 2. The molecule has 2 unspecified atom stereocenters. The average molecular weight is 926 g/mol. The van der Waals surface area contributed by atoms with E-state index in [4.69, 9.17) is 50.7 Å². The van der Waals surface area contributed by atoms with Crippen LogP contribution in [0.3, 0.4) is 0 Å². The summed E-state index contributed by atoms with van der Waals surface area (Å²) in [5.41, 5.74) is 26.4. The van der Waals surface area contributed by atoms with Crippen LogP contribution < -0.4 is 28.2 Å². The van der Waals surface area contributed by atoms with Gasteiger partial charge in [0, 0.05) is 29.8 Å². The Labute approximate surface area is 353 Å². The number of nitrogen functional groups attached to an aromatic ring is 2. The fourth-order valence-electron chi connectivity index (χ4n) is 6.43. The maximum absolute atomic E-state index is 13.4. The lowest BCUT2D eigenvalue weighted by atomic mass is 10.1. The van der Waals surface area contributed by atoms with Crippen LogP contribution in [0.1, 0.15) is 37.3 Å². The first kappa shape index (κ1) is 46.9. The number of carbonyl (C=O) groups is 2. The summed E-state index contributed by atoms with van der Waals surface area (Å²) in [6, 6.07) is 6.45. The number of benzene rings is 1. The van der Waals surface area contributed by atoms with Gasteiger partial charge in [-0.1, -0.05) is 29.4 Å². The standard InChI is InChI=1S/C32H41N13O16P2/c33-17(5-3-8-37-32(49)55-11-16-4-1-2-6-18(16)42-43-36)30(47)60-26-21(59-29(25(26)46)45-15-40-24-27(35)38-14-39-28(24)45)13-57-63(53,54)61-19-10-23(44-9-7-22(34)41-31(44)48)58-20(19)12-56-62(50,51)52/h1-2,4,6-7,9,14-15,17,19-21,23,25-26,29,46H,3,5,8,10-13,33H2,(H,37,49)(H,53,54)(H2,34,41,48)(H2,35,38,39)(H2,50,51,52)/t17?,19-,20-,21+,23+,25+,26+,29+/m0/s1. The third-order valence-electron chi connectivity index (χ3n) is 9.41. The Bertz CT molecular complexity index is 2480. The molecule has 0 radical (unpaired) electrons. The van der Waals surface area contributed by atoms with Crippen LogP contribution in [0.15, 0.2) is 59.1 Å². The maximum Gasteiger partial charge on any atom is 0.472 e. The number of azide groups is 1. The molecule has 2 saturated heterocycles. The third-order valence-corrected chi connectivity index (χ3v) is 10.9. The summed E-state index contributed by atoms with van der Waals surface area (Å²) in [6.45, 7) is -1.92. The number of carbonyl (C=O) groups excluding carboxylic acids is 2. The highest BCUT2D eigenvalue weighted by Gasteiger charge is 2.50. The normalized spacial score (nSPS) is 23.7. The number of ether oxygens (including phenoxy) is 4. The fraction of sp³-hybridized carbons (Fsp3) is 0.469. The number of esters is 1. The number of fused-ring (bicyclic) bond motifs is 1. The van der Waals surface area contributed by atoms with Crippen molar-refractivity contribution < 1.29 is 71.0 Å². The molecule has 340 valence electrons. The van der Waals surface area contributed by atoms with Crippen molar-refractivity contribution in [3.8, 4) is 0 Å². The summed E-state index contributed by atoms with van der Waals surface area (Å²) in [4.78, 5) is 85.9. The number of nitrogens with two attached hydrogens (primary N) is 3. The molecule has 63 heavy (non-hydrogen) atoms. The zero-order valence-corrected chi connectivity index (χ0v) is 34.3. The second kappa shape index (κ2) is 20.2. The van der Waals surface area contributed by atoms with Gasteiger partial charge in [-0.05, 0) is 30.0 Å². The Hall–Kier alpha value is -5.64. The number of aromatic nitrogens is 6. The Morgan fingerprint density at radius 2 is 1.83 bits per heavy atom. The molecule has 9 atom stereocenters. The number of rotatable bonds is 19. The molecule has 0 bridgehead atoms. The number of aliphatic hydroxyl groups excluding tert-OH is 1. The van der Waals surface area contributed by atoms with Crippen LogP contribution >= 0.6 is 15.6 Å². The number of nitrogens with zero attached hydrogens (tertiary/aromatic N) is 9. The number of phosphoric acid groups is 2. The van der Waals surface area contributed by atoms with Gasteiger partial charge in [-0.15, -0.1) is 0 Å². The van der Waals surface area contributed by atoms with Crippen LogP contribution in [0.25, 0.3) is 21.6 Å². The predicted molar refractivity (Wildman–Crippen MR) is 210 cm³/mol. The second-order valence-electron chi connectivity index (χ2n) is 13.7. The monoisotopic (exact) mass is 925 g/mol. The van der Waals surface area contributed by atoms with E-state index in [-0.39, 0.29) is 60.9 Å². The maximum atomic E-state index is 13.4. The molecule has 1 aromatic carbocycles. The van der Waals surface area contributed by atoms with Gasteiger partial charge in [-0.3, -0.25) is 27.5 Å². The van der Waals surface area contributed by atoms with Crippen molar-refractivity contribution in [2.45, 2.75) is 74.9 Å². The quantitative estimate of drug-likeness (QED) is 0.0156. The number of imidazole rings is 1. The molecule has 1 amide bonds. The number of alkyl carbamates (subject to hydrolysis) is 1. The summed E-state index contributed by atoms with van der Waals surface area (Å²) in [7, 11) is -10.3. The molecule has 2 fully saturated rings. The number of nitrogens with one attached hydrogen (secondary N) is 1. The minimum atomic E-state index is -5.21. The van der Waals surface area contributed by atoms with Gasteiger partial charge < -0.3 is 61.3 Å². The van der Waals surface area contributed by atoms with Crippen molar-refractivity contribution in [2.75, 3.05) is 31.2 Å². The number of amides is 1. The smallest absolute Gasteiger partial charge is 0.455 e. The van der Waals surface area contributed by atoms with Crippen molar-refractivity contribution >= 4 is 56.2 Å². The zero-order valence-electron chi connectivity index (χ0n) is 32.5. The van der Waals surface area contributed by atoms with E-state index in [9.17, 15) is 43.3 Å². The van der Waals surface area contributed by atoms with Crippen molar-refractivity contribution in [3.63, 3.8) is 0 Å². The Balaban J connectivity index is 1.10. The lowest BCUT2D eigenvalue weighted by molar-refractivity contribution is -0.158. The van der Waals surface area contributed by atoms with E-state index in [1.54, 1.807) is 24.3 Å². The minimum Gasteiger partial charge on any atom is -0.455 e. The largest absolute Gasteiger partial charge is 0.472 e. The topological polar surface area (TPSA) is 431 Å². The van der Waals surface area contributed by atoms with Gasteiger partial charge in [0.1, 0.15) is 61.0 Å². The Morgan fingerprint density at radius 3 is 2.57 bits per heavy atom. The number of aliphatic hydroxyl groups is 1. The van der Waals surface area contributed by atoms with Gasteiger partial charge in [0.25, 0.3) is 0 Å². The molecule has 2 aliphatic heterocycles. The summed E-state index contributed by atoms with van der Waals surface area (Å²) in [5, 5.41) is 17.5. The zero-order chi connectivity index (χ0) is 45.5. The van der Waals surface area contributed by atoms with E-state index in [1.165, 1.54) is 23.2 Å². The first-order valence-corrected chi connectivity index (χ1v) is 21.6. The van der Waals surface area contributed by atoms with Crippen molar-refractivity contribution in [1.29, 1.82) is 0 Å². The molecule has 29 nitrogen and oxygen atoms in total. The van der Waals surface area contributed by atoms with Crippen molar-refractivity contribution in [3.05, 3.63) is 75.7 Å². The average Bonchev–Trinajstić information content (AvgIpc) is 3.92. The van der Waals surface area contributed by atoms with Gasteiger partial charge in [0.15, 0.2) is 23.8 Å². The number of hydrogen-bond acceptors (Lipinski definition) is 21. The van der Waals surface area contributed by atoms with E-state index in [1.807, 2.05) is 0 Å². The molecule has 3 aromatic heterocycles. The predicted octanol–water partition coefficient (Wildman–Crippen LogP) is 0.292. The highest BCUT2D eigenvalue weighted by Crippen LogP contribution is 2.50. The summed E-state index contributed by atoms with van der Waals surface area (Å²) >= 11 is 0. The Morgan fingerprint density at radius 1 is 1.06 bits per heavy atom. The van der Waals surface area contributed by atoms with E-state index in [2.05, 4.69) is 39.8 Å². The second-order valence-corrected chi connectivity index (χ2v) is 16.4. The van der Waals surface area contributed by atoms with Crippen LogP contribution in [0, 0.1) is 0 Å². The molecule has 0 saturated carbocycles. The minimum absolute atomic E-state index is 0.00277. The molecular weight excluding hydrogens is 884 g/mol. The van der Waals surface area contributed by atoms with Gasteiger partial charge in [0.05, 0.1) is 19.5 Å². The molecule has 0 aliphatic carbocycles. The van der Waals surface area contributed by atoms with Crippen LogP contribution in [-0.4, -0.2) is 117 Å². The molecular formula is C32H41N13O16P2. The Kier molecular flexibility index (Phi) is 15.1. The summed E-state index contributed by atoms with van der Waals surface area (Å²) in [6.07, 6.45) is -7.90. The van der Waals surface area contributed by atoms with E-state index in [0.717, 1.165) is 10.9 Å². The third kappa shape index (κ3) is 12.1. The van der Waals surface area contributed by atoms with Crippen LogP contribution in [-0.2, 0) is 53.1 Å². The molecule has 4 aromatic rings. The van der Waals surface area contributed by atoms with E-state index in [0.29, 0.717) is 5.56 Å². The highest BCUT2D eigenvalue weighted by atomic mass is 31.2. The molecule has 5 heterocycles. The SMILES string of the molecule is [N-]=[N+]=Nc1ccccc1COC(=O)NCCCC(N)C(=O)O[C@H]1[C@@H](O)[C@H](n2cnc3c(N)ncnc32)O[C@@H]1COP(=O)(O)O[C@H]1C[C@H](n2ccc(N)nc2=O)O[C@H]1COP(=O)(O)O. The highest BCUT2D eigenvalue weighted by molar-refractivity contribution is 7.47. The van der Waals surface area contributed by atoms with Crippen LogP contribution in [0.4, 0.5) is 22.1 Å². The molecule has 2 aliphatic rings. The number of phosphoric ester groups is 2. The first-order valence-electron chi connectivity index (χ1n) is 18.5. The van der Waals surface area contributed by atoms with Crippen LogP contribution in [0.2, 0.25) is 0 Å². The molecule has 11 N–H and O–H groups in total. The van der Waals surface area contributed by atoms with Gasteiger partial charge in [0.2, 0.25) is 0 Å². The van der Waals surface area contributed by atoms with Crippen molar-refractivity contribution in [2.24, 2.45) is 10.8 Å². The lowest BCUT2D eigenvalue weighted by Gasteiger charge is -2.24. The first-order chi connectivity index (χ1) is 29.9. The number of hydrogen-bond donors (Lipinski definition) is 8. The molecule has 31 heteroatoms. The van der Waals surface area contributed by atoms with E-state index < -0.39 is 95.6 Å². The van der Waals surface area contributed by atoms with Crippen LogP contribution in [0.5, 0.6) is 0 Å².